The second-order valence-electron chi connectivity index (χ2n) is 11.0. The number of rotatable bonds is 6. The number of nitrogens with zero attached hydrogens (tertiary/aromatic N) is 3. The smallest absolute Gasteiger partial charge is 0.443 e. The molecule has 3 aliphatic rings. The molecule has 222 valence electrons. The lowest BCUT2D eigenvalue weighted by atomic mass is 9.94. The van der Waals surface area contributed by atoms with Gasteiger partial charge in [-0.15, -0.1) is 0 Å². The van der Waals surface area contributed by atoms with E-state index in [1.54, 1.807) is 13.8 Å². The Hall–Kier alpha value is -3.75. The van der Waals surface area contributed by atoms with Crippen molar-refractivity contribution >= 4 is 46.1 Å². The SMILES string of the molecule is CC1(C)CC2=C(SC(N3CCOCC3Cc3cccc(Nc4ccc5ncoc5c4)c3)N2OC(=O)C(F)(F)F)C(=O)N1. The summed E-state index contributed by atoms with van der Waals surface area (Å²) in [5.41, 5.74) is 2.68. The van der Waals surface area contributed by atoms with Gasteiger partial charge < -0.3 is 24.6 Å². The number of fused-ring (bicyclic) bond motifs is 1. The number of carbonyl (C=O) groups excluding carboxylic acids is 2. The lowest BCUT2D eigenvalue weighted by molar-refractivity contribution is -0.243. The third-order valence-electron chi connectivity index (χ3n) is 7.21. The number of ether oxygens (including phenoxy) is 1. The topological polar surface area (TPSA) is 109 Å². The summed E-state index contributed by atoms with van der Waals surface area (Å²) in [4.78, 5) is 36.2. The van der Waals surface area contributed by atoms with Crippen LogP contribution in [-0.2, 0) is 25.6 Å². The number of halogens is 3. The second kappa shape index (κ2) is 10.8. The van der Waals surface area contributed by atoms with E-state index in [1.165, 1.54) is 6.39 Å². The average Bonchev–Trinajstić information content (AvgIpc) is 3.53. The van der Waals surface area contributed by atoms with Crippen LogP contribution in [0.2, 0.25) is 0 Å². The number of amides is 1. The van der Waals surface area contributed by atoms with E-state index in [4.69, 9.17) is 14.0 Å². The van der Waals surface area contributed by atoms with Gasteiger partial charge in [-0.1, -0.05) is 23.9 Å². The van der Waals surface area contributed by atoms with E-state index < -0.39 is 29.1 Å². The van der Waals surface area contributed by atoms with Crippen molar-refractivity contribution in [2.45, 2.75) is 49.9 Å². The Morgan fingerprint density at radius 3 is 2.86 bits per heavy atom. The van der Waals surface area contributed by atoms with Gasteiger partial charge in [0.15, 0.2) is 17.5 Å². The molecule has 4 heterocycles. The van der Waals surface area contributed by atoms with E-state index in [0.29, 0.717) is 31.8 Å². The molecule has 1 amide bonds. The Kier molecular flexibility index (Phi) is 7.31. The van der Waals surface area contributed by atoms with Crippen molar-refractivity contribution in [3.05, 3.63) is 65.0 Å². The first-order chi connectivity index (χ1) is 20.0. The molecule has 0 saturated carbocycles. The Morgan fingerprint density at radius 1 is 1.24 bits per heavy atom. The van der Waals surface area contributed by atoms with E-state index in [0.717, 1.165) is 39.3 Å². The number of hydrogen-bond acceptors (Lipinski definition) is 10. The summed E-state index contributed by atoms with van der Waals surface area (Å²) in [6.45, 7) is 4.53. The van der Waals surface area contributed by atoms with Gasteiger partial charge in [-0.25, -0.2) is 9.78 Å². The lowest BCUT2D eigenvalue weighted by Gasteiger charge is -2.42. The van der Waals surface area contributed by atoms with E-state index >= 15 is 0 Å². The van der Waals surface area contributed by atoms with Crippen molar-refractivity contribution in [1.82, 2.24) is 20.3 Å². The molecule has 2 unspecified atom stereocenters. The zero-order valence-corrected chi connectivity index (χ0v) is 23.6. The maximum absolute atomic E-state index is 13.3. The second-order valence-corrected chi connectivity index (χ2v) is 12.0. The summed E-state index contributed by atoms with van der Waals surface area (Å²) < 4.78 is 51.0. The molecule has 1 fully saturated rings. The molecule has 3 aromatic rings. The van der Waals surface area contributed by atoms with Crippen molar-refractivity contribution in [2.75, 3.05) is 25.1 Å². The highest BCUT2D eigenvalue weighted by Crippen LogP contribution is 2.46. The number of hydroxylamine groups is 2. The number of morpholine rings is 1. The molecule has 0 radical (unpaired) electrons. The molecular formula is C28H28F3N5O5S. The van der Waals surface area contributed by atoms with Crippen LogP contribution in [0.3, 0.4) is 0 Å². The van der Waals surface area contributed by atoms with Crippen LogP contribution in [0.15, 0.2) is 63.9 Å². The molecule has 14 heteroatoms. The van der Waals surface area contributed by atoms with Gasteiger partial charge in [-0.2, -0.15) is 18.2 Å². The summed E-state index contributed by atoms with van der Waals surface area (Å²) in [5, 5.41) is 7.21. The van der Waals surface area contributed by atoms with Gasteiger partial charge in [0.2, 0.25) is 0 Å². The summed E-state index contributed by atoms with van der Waals surface area (Å²) in [7, 11) is 0. The summed E-state index contributed by atoms with van der Waals surface area (Å²) in [5.74, 6) is -2.74. The number of anilines is 2. The van der Waals surface area contributed by atoms with Gasteiger partial charge in [-0.05, 0) is 50.1 Å². The molecule has 2 aromatic carbocycles. The number of hydrogen-bond donors (Lipinski definition) is 2. The van der Waals surface area contributed by atoms with Crippen molar-refractivity contribution < 1.29 is 36.8 Å². The van der Waals surface area contributed by atoms with Gasteiger partial charge >= 0.3 is 12.1 Å². The first kappa shape index (κ1) is 28.4. The molecule has 2 atom stereocenters. The molecule has 42 heavy (non-hydrogen) atoms. The number of aromatic nitrogens is 1. The van der Waals surface area contributed by atoms with E-state index in [9.17, 15) is 22.8 Å². The fourth-order valence-electron chi connectivity index (χ4n) is 5.35. The highest BCUT2D eigenvalue weighted by atomic mass is 32.2. The van der Waals surface area contributed by atoms with Gasteiger partial charge in [0, 0.05) is 42.0 Å². The Balaban J connectivity index is 1.24. The fraction of sp³-hybridized carbons (Fsp3) is 0.393. The maximum atomic E-state index is 13.3. The zero-order valence-electron chi connectivity index (χ0n) is 22.7. The Labute approximate surface area is 243 Å². The predicted octanol–water partition coefficient (Wildman–Crippen LogP) is 4.68. The number of carbonyl (C=O) groups is 2. The third-order valence-corrected chi connectivity index (χ3v) is 8.54. The molecule has 0 aliphatic carbocycles. The van der Waals surface area contributed by atoms with Crippen molar-refractivity contribution in [1.29, 1.82) is 0 Å². The standard InChI is InChI=1S/C28H28F3N5O5S/c1-27(2)13-21-23(24(37)34-27)42-26(36(21)41-25(38)28(29,30)31)35-8-9-39-14-19(35)11-16-4-3-5-17(10-16)33-18-6-7-20-22(12-18)40-15-32-20/h3-7,10,12,15,19,26,33H,8-9,11,13-14H2,1-2H3,(H,34,37). The summed E-state index contributed by atoms with van der Waals surface area (Å²) in [6, 6.07) is 13.1. The predicted molar refractivity (Wildman–Crippen MR) is 148 cm³/mol. The molecule has 0 spiro atoms. The number of benzene rings is 2. The average molecular weight is 604 g/mol. The first-order valence-corrected chi connectivity index (χ1v) is 14.2. The first-order valence-electron chi connectivity index (χ1n) is 13.3. The van der Waals surface area contributed by atoms with Gasteiger partial charge in [0.05, 0.1) is 23.8 Å². The van der Waals surface area contributed by atoms with Crippen molar-refractivity contribution in [2.24, 2.45) is 0 Å². The highest BCUT2D eigenvalue weighted by molar-refractivity contribution is 8.04. The van der Waals surface area contributed by atoms with Crippen LogP contribution in [0.1, 0.15) is 25.8 Å². The van der Waals surface area contributed by atoms with Crippen molar-refractivity contribution in [3.8, 4) is 0 Å². The Morgan fingerprint density at radius 2 is 2.05 bits per heavy atom. The lowest BCUT2D eigenvalue weighted by Crippen LogP contribution is -2.56. The largest absolute Gasteiger partial charge is 0.493 e. The highest BCUT2D eigenvalue weighted by Gasteiger charge is 2.51. The molecule has 3 aliphatic heterocycles. The molecule has 2 N–H and O–H groups in total. The van der Waals surface area contributed by atoms with Crippen LogP contribution in [-0.4, -0.2) is 69.8 Å². The molecule has 1 aromatic heterocycles. The summed E-state index contributed by atoms with van der Waals surface area (Å²) in [6.07, 6.45) is -3.11. The van der Waals surface area contributed by atoms with E-state index in [1.807, 2.05) is 47.4 Å². The van der Waals surface area contributed by atoms with Gasteiger partial charge in [0.25, 0.3) is 5.91 Å². The molecule has 0 bridgehead atoms. The Bertz CT molecular complexity index is 1560. The van der Waals surface area contributed by atoms with Gasteiger partial charge in [0.1, 0.15) is 5.52 Å². The quantitative estimate of drug-likeness (QED) is 0.412. The number of thioether (sulfide) groups is 1. The van der Waals surface area contributed by atoms with Crippen LogP contribution in [0.5, 0.6) is 0 Å². The molecule has 6 rings (SSSR count). The van der Waals surface area contributed by atoms with E-state index in [2.05, 4.69) is 15.6 Å². The number of alkyl halides is 3. The minimum atomic E-state index is -5.19. The van der Waals surface area contributed by atoms with Crippen molar-refractivity contribution in [3.63, 3.8) is 0 Å². The number of oxazole rings is 1. The van der Waals surface area contributed by atoms with Crippen LogP contribution in [0, 0.1) is 0 Å². The molecular weight excluding hydrogens is 575 g/mol. The summed E-state index contributed by atoms with van der Waals surface area (Å²) >= 11 is 1.08. The van der Waals surface area contributed by atoms with Crippen LogP contribution in [0.25, 0.3) is 11.1 Å². The monoisotopic (exact) mass is 603 g/mol. The van der Waals surface area contributed by atoms with Gasteiger partial charge in [-0.3, -0.25) is 9.69 Å². The van der Waals surface area contributed by atoms with E-state index in [-0.39, 0.29) is 23.1 Å². The van der Waals surface area contributed by atoms with Crippen LogP contribution in [0.4, 0.5) is 24.5 Å². The zero-order chi connectivity index (χ0) is 29.6. The number of nitrogens with one attached hydrogen (secondary N) is 2. The van der Waals surface area contributed by atoms with Crippen LogP contribution < -0.4 is 10.6 Å². The normalized spacial score (nSPS) is 22.7. The minimum absolute atomic E-state index is 0.200. The molecule has 1 saturated heterocycles. The van der Waals surface area contributed by atoms with Crippen LogP contribution >= 0.6 is 11.8 Å². The molecule has 10 nitrogen and oxygen atoms in total. The maximum Gasteiger partial charge on any atom is 0.493 e. The third kappa shape index (κ3) is 5.78. The fourth-order valence-corrected chi connectivity index (χ4v) is 6.70. The minimum Gasteiger partial charge on any atom is -0.443 e.